The van der Waals surface area contributed by atoms with E-state index in [0.29, 0.717) is 0 Å². The van der Waals surface area contributed by atoms with E-state index in [-0.39, 0.29) is 6.15 Å². The zero-order chi connectivity index (χ0) is 4.50. The molecule has 0 bridgehead atoms. The molecule has 0 aromatic heterocycles. The first-order valence-corrected chi connectivity index (χ1v) is 2.27. The van der Waals surface area contributed by atoms with Crippen LogP contribution >= 0.6 is 0 Å². The molecular weight excluding hydrogens is 118 g/mol. The van der Waals surface area contributed by atoms with Crippen molar-refractivity contribution in [3.8, 4) is 0 Å². The van der Waals surface area contributed by atoms with Crippen LogP contribution in [-0.4, -0.2) is 9.41 Å². The summed E-state index contributed by atoms with van der Waals surface area (Å²) in [6, 6.07) is 0. The van der Waals surface area contributed by atoms with E-state index in [4.69, 9.17) is 0 Å². The van der Waals surface area contributed by atoms with Gasteiger partial charge in [-0.3, -0.25) is 0 Å². The smallest absolute Gasteiger partial charge is 0.344 e. The van der Waals surface area contributed by atoms with Crippen molar-refractivity contribution in [2.24, 2.45) is 0 Å². The lowest BCUT2D eigenvalue weighted by molar-refractivity contribution is 0.368. The van der Waals surface area contributed by atoms with Gasteiger partial charge < -0.3 is 6.15 Å². The first-order chi connectivity index (χ1) is 2.00. The van der Waals surface area contributed by atoms with Crippen LogP contribution in [0.3, 0.4) is 0 Å². The molecule has 0 aliphatic carbocycles. The van der Waals surface area contributed by atoms with Crippen LogP contribution in [0.2, 0.25) is 0 Å². The molecule has 1 nitrogen and oxygen atoms in total. The fraction of sp³-hybridized carbons (Fsp3) is 0. The van der Waals surface area contributed by atoms with Crippen LogP contribution in [0.1, 0.15) is 0 Å². The number of hydrogen-bond acceptors (Lipinski definition) is 1. The third-order valence-corrected chi connectivity index (χ3v) is 0. The van der Waals surface area contributed by atoms with Gasteiger partial charge in [0.05, 0.1) is 0 Å². The van der Waals surface area contributed by atoms with Crippen LogP contribution in [0.4, 0.5) is 16.4 Å². The third-order valence-electron chi connectivity index (χ3n) is 0. The Morgan fingerprint density at radius 1 is 0.833 bits per heavy atom. The van der Waals surface area contributed by atoms with Gasteiger partial charge in [-0.2, -0.15) is 0 Å². The van der Waals surface area contributed by atoms with Crippen LogP contribution < -0.4 is 6.15 Å². The largest absolute Gasteiger partial charge is 0.844 e. The molecule has 0 aromatic rings. The highest BCUT2D eigenvalue weighted by Gasteiger charge is 2.39. The molecule has 0 rings (SSSR count). The summed E-state index contributed by atoms with van der Waals surface area (Å²) in [6.45, 7) is 0. The summed E-state index contributed by atoms with van der Waals surface area (Å²) in [6.07, 6.45) is 0. The van der Waals surface area contributed by atoms with Crippen molar-refractivity contribution < 1.29 is 16.4 Å². The molecule has 0 aliphatic heterocycles. The zero-order valence-electron chi connectivity index (χ0n) is 2.72. The Morgan fingerprint density at radius 2 is 0.833 bits per heavy atom. The summed E-state index contributed by atoms with van der Waals surface area (Å²) >= 11 is 0. The second-order valence-electron chi connectivity index (χ2n) is 0.429. The molecule has 6 heteroatoms. The highest BCUT2D eigenvalue weighted by Crippen LogP contribution is 2.06. The maximum atomic E-state index is 9.83. The van der Waals surface area contributed by atoms with E-state index in [1.54, 1.807) is 0 Å². The predicted octanol–water partition coefficient (Wildman–Crippen LogP) is 1.46. The van der Waals surface area contributed by atoms with Crippen molar-refractivity contribution in [2.45, 2.75) is 0 Å². The minimum atomic E-state index is -6.61. The fourth-order valence-corrected chi connectivity index (χ4v) is 0. The van der Waals surface area contributed by atoms with Crippen LogP contribution in [0.5, 0.6) is 0 Å². The molecule has 40 valence electrons. The van der Waals surface area contributed by atoms with Gasteiger partial charge >= 0.3 is 9.41 Å². The first-order valence-electron chi connectivity index (χ1n) is 0.756. The second-order valence-corrected chi connectivity index (χ2v) is 1.29. The monoisotopic (exact) mass is 121 g/mol. The van der Waals surface area contributed by atoms with Gasteiger partial charge in [0.2, 0.25) is 0 Å². The fourth-order valence-electron chi connectivity index (χ4n) is 0. The lowest BCUT2D eigenvalue weighted by atomic mass is 14.0. The molecule has 0 radical (unpaired) electrons. The molecular formula is H3F4NSi. The summed E-state index contributed by atoms with van der Waals surface area (Å²) in [5, 5.41) is 0. The average Bonchev–Trinajstić information content (AvgIpc) is 0.722. The Labute approximate surface area is 33.2 Å². The molecule has 0 amide bonds. The lowest BCUT2D eigenvalue weighted by Crippen LogP contribution is -2.02. The quantitative estimate of drug-likeness (QED) is 0.294. The van der Waals surface area contributed by atoms with Gasteiger partial charge in [0.25, 0.3) is 0 Å². The Hall–Kier alpha value is -0.103. The molecule has 3 N–H and O–H groups in total. The van der Waals surface area contributed by atoms with Gasteiger partial charge in [-0.25, -0.2) is 16.4 Å². The van der Waals surface area contributed by atoms with Gasteiger partial charge in [0.15, 0.2) is 0 Å². The Kier molecular flexibility index (Phi) is 3.32. The summed E-state index contributed by atoms with van der Waals surface area (Å²) in [5.41, 5.74) is 0. The van der Waals surface area contributed by atoms with E-state index in [2.05, 4.69) is 0 Å². The van der Waals surface area contributed by atoms with Crippen LogP contribution in [0.25, 0.3) is 0 Å². The van der Waals surface area contributed by atoms with Crippen molar-refractivity contribution in [3.05, 3.63) is 0 Å². The van der Waals surface area contributed by atoms with Crippen molar-refractivity contribution >= 4 is 9.41 Å². The third kappa shape index (κ3) is 3080. The maximum Gasteiger partial charge on any atom is 0.844 e. The normalized spacial score (nSPS) is 10.0. The standard InChI is InChI=1S/F4Si.H3N/c1-5(2,3)4;/h;1H3. The van der Waals surface area contributed by atoms with Crippen LogP contribution in [0, 0.1) is 0 Å². The van der Waals surface area contributed by atoms with Crippen molar-refractivity contribution in [1.29, 1.82) is 0 Å². The summed E-state index contributed by atoms with van der Waals surface area (Å²) in [4.78, 5) is 0. The summed E-state index contributed by atoms with van der Waals surface area (Å²) in [5.74, 6) is 0. The van der Waals surface area contributed by atoms with Gasteiger partial charge in [-0.05, 0) is 0 Å². The van der Waals surface area contributed by atoms with Crippen molar-refractivity contribution in [1.82, 2.24) is 6.15 Å². The van der Waals surface area contributed by atoms with E-state index in [0.717, 1.165) is 0 Å². The van der Waals surface area contributed by atoms with E-state index in [9.17, 15) is 16.4 Å². The van der Waals surface area contributed by atoms with E-state index in [1.807, 2.05) is 0 Å². The molecule has 0 fully saturated rings. The minimum absolute atomic E-state index is 0. The Morgan fingerprint density at radius 3 is 0.833 bits per heavy atom. The molecule has 0 spiro atoms. The number of halogens is 4. The van der Waals surface area contributed by atoms with E-state index >= 15 is 0 Å². The summed E-state index contributed by atoms with van der Waals surface area (Å²) in [7, 11) is -6.61. The van der Waals surface area contributed by atoms with E-state index in [1.165, 1.54) is 0 Å². The molecule has 0 heterocycles. The molecule has 0 saturated heterocycles. The van der Waals surface area contributed by atoms with Gasteiger partial charge in [-0.1, -0.05) is 0 Å². The minimum Gasteiger partial charge on any atom is -0.344 e. The maximum absolute atomic E-state index is 9.83. The van der Waals surface area contributed by atoms with Crippen LogP contribution in [-0.2, 0) is 0 Å². The molecule has 0 saturated carbocycles. The molecule has 6 heavy (non-hydrogen) atoms. The molecule has 0 aliphatic rings. The number of hydrogen-bond donors (Lipinski definition) is 1. The van der Waals surface area contributed by atoms with E-state index < -0.39 is 9.41 Å². The SMILES string of the molecule is F[Si](F)(F)F.N. The highest BCUT2D eigenvalue weighted by molar-refractivity contribution is 6.50. The van der Waals surface area contributed by atoms with Gasteiger partial charge in [0, 0.05) is 0 Å². The topological polar surface area (TPSA) is 35.0 Å². The van der Waals surface area contributed by atoms with Crippen molar-refractivity contribution in [2.75, 3.05) is 0 Å². The predicted molar refractivity (Wildman–Crippen MR) is 15.2 cm³/mol. The Balaban J connectivity index is 0. The molecule has 0 atom stereocenters. The Bertz CT molecular complexity index is 23.0. The average molecular weight is 121 g/mol. The summed E-state index contributed by atoms with van der Waals surface area (Å²) < 4.78 is 39.3. The number of rotatable bonds is 0. The first kappa shape index (κ1) is 9.31. The second kappa shape index (κ2) is 2.14. The van der Waals surface area contributed by atoms with Gasteiger partial charge in [0.1, 0.15) is 0 Å². The molecule has 0 unspecified atom stereocenters. The van der Waals surface area contributed by atoms with Crippen molar-refractivity contribution in [3.63, 3.8) is 0 Å². The molecule has 0 aromatic carbocycles. The van der Waals surface area contributed by atoms with Crippen LogP contribution in [0.15, 0.2) is 0 Å². The lowest BCUT2D eigenvalue weighted by Gasteiger charge is -1.75. The highest BCUT2D eigenvalue weighted by atomic mass is 28.5. The van der Waals surface area contributed by atoms with Gasteiger partial charge in [-0.15, -0.1) is 0 Å². The zero-order valence-corrected chi connectivity index (χ0v) is 3.72.